The van der Waals surface area contributed by atoms with Gasteiger partial charge in [-0.1, -0.05) is 23.7 Å². The highest BCUT2D eigenvalue weighted by molar-refractivity contribution is 6.33. The molecule has 0 aliphatic carbocycles. The second-order valence-electron chi connectivity index (χ2n) is 9.06. The Morgan fingerprint density at radius 3 is 2.77 bits per heavy atom. The summed E-state index contributed by atoms with van der Waals surface area (Å²) < 4.78 is 0. The maximum Gasteiger partial charge on any atom is 0.276 e. The van der Waals surface area contributed by atoms with Crippen molar-refractivity contribution in [3.05, 3.63) is 70.5 Å². The smallest absolute Gasteiger partial charge is 0.276 e. The maximum absolute atomic E-state index is 12.8. The van der Waals surface area contributed by atoms with Gasteiger partial charge < -0.3 is 10.2 Å². The van der Waals surface area contributed by atoms with Crippen LogP contribution in [0.5, 0.6) is 0 Å². The number of piperidine rings is 1. The summed E-state index contributed by atoms with van der Waals surface area (Å²) >= 11 is 6.50. The minimum atomic E-state index is -0.513. The fraction of sp³-hybridized carbons (Fsp3) is 0.346. The average molecular weight is 491 g/mol. The number of halogens is 1. The van der Waals surface area contributed by atoms with Crippen LogP contribution in [0, 0.1) is 12.8 Å². The molecule has 0 saturated carbocycles. The Labute approximate surface area is 209 Å². The third kappa shape index (κ3) is 5.18. The van der Waals surface area contributed by atoms with Crippen LogP contribution in [0.25, 0.3) is 11.1 Å². The Balaban J connectivity index is 1.36. The van der Waals surface area contributed by atoms with Crippen LogP contribution >= 0.6 is 11.6 Å². The molecule has 1 atom stereocenters. The Hall–Kier alpha value is -3.36. The molecule has 180 valence electrons. The monoisotopic (exact) mass is 490 g/mol. The zero-order valence-corrected chi connectivity index (χ0v) is 20.3. The van der Waals surface area contributed by atoms with Crippen LogP contribution in [-0.4, -0.2) is 46.4 Å². The van der Waals surface area contributed by atoms with Crippen molar-refractivity contribution in [1.29, 1.82) is 0 Å². The van der Waals surface area contributed by atoms with Crippen LogP contribution in [0.2, 0.25) is 5.02 Å². The summed E-state index contributed by atoms with van der Waals surface area (Å²) in [6.45, 7) is 4.97. The summed E-state index contributed by atoms with van der Waals surface area (Å²) in [5, 5.41) is 6.14. The SMILES string of the molecule is Cc1ncc(CN2CCc3ccc(-c4cc(C(=O)NC(=O)C5CCCNC5)ncc4Cl)cc32)cn1. The molecule has 8 nitrogen and oxygen atoms in total. The molecule has 1 fully saturated rings. The van der Waals surface area contributed by atoms with E-state index in [1.165, 1.54) is 11.8 Å². The number of rotatable bonds is 5. The number of amides is 2. The Kier molecular flexibility index (Phi) is 6.74. The van der Waals surface area contributed by atoms with Crippen molar-refractivity contribution in [3.8, 4) is 11.1 Å². The summed E-state index contributed by atoms with van der Waals surface area (Å²) in [6.07, 6.45) is 7.83. The number of nitrogens with one attached hydrogen (secondary N) is 2. The van der Waals surface area contributed by atoms with Crippen LogP contribution in [0.3, 0.4) is 0 Å². The van der Waals surface area contributed by atoms with Crippen LogP contribution < -0.4 is 15.5 Å². The van der Waals surface area contributed by atoms with Gasteiger partial charge in [0, 0.05) is 55.0 Å². The fourth-order valence-corrected chi connectivity index (χ4v) is 4.85. The van der Waals surface area contributed by atoms with Gasteiger partial charge in [-0.3, -0.25) is 14.9 Å². The number of aryl methyl sites for hydroxylation is 1. The summed E-state index contributed by atoms with van der Waals surface area (Å²) in [7, 11) is 0. The lowest BCUT2D eigenvalue weighted by Gasteiger charge is -2.21. The molecule has 1 saturated heterocycles. The van der Waals surface area contributed by atoms with Crippen molar-refractivity contribution < 1.29 is 9.59 Å². The van der Waals surface area contributed by atoms with E-state index in [0.29, 0.717) is 23.7 Å². The first-order chi connectivity index (χ1) is 17.0. The van der Waals surface area contributed by atoms with Crippen molar-refractivity contribution in [2.75, 3.05) is 24.5 Å². The molecule has 0 radical (unpaired) electrons. The number of carbonyl (C=O) groups is 2. The standard InChI is InChI=1S/C26H27ClN6O2/c1-16-29-11-17(12-30-16)15-33-8-6-18-4-5-19(9-24(18)33)21-10-23(31-14-22(21)27)26(35)32-25(34)20-3-2-7-28-13-20/h4-5,9-12,14,20,28H,2-3,6-8,13,15H2,1H3,(H,32,34,35). The van der Waals surface area contributed by atoms with E-state index in [-0.39, 0.29) is 17.5 Å². The fourth-order valence-electron chi connectivity index (χ4n) is 4.64. The predicted octanol–water partition coefficient (Wildman–Crippen LogP) is 3.32. The van der Waals surface area contributed by atoms with Crippen molar-refractivity contribution in [2.24, 2.45) is 5.92 Å². The zero-order chi connectivity index (χ0) is 24.4. The molecular formula is C26H27ClN6O2. The number of nitrogens with zero attached hydrogens (tertiary/aromatic N) is 4. The number of fused-ring (bicyclic) bond motifs is 1. The summed E-state index contributed by atoms with van der Waals surface area (Å²) in [6, 6.07) is 7.86. The third-order valence-corrected chi connectivity index (χ3v) is 6.89. The van der Waals surface area contributed by atoms with Crippen molar-refractivity contribution in [1.82, 2.24) is 25.6 Å². The molecule has 0 bridgehead atoms. The van der Waals surface area contributed by atoms with Crippen molar-refractivity contribution >= 4 is 29.1 Å². The van der Waals surface area contributed by atoms with E-state index in [1.807, 2.05) is 25.4 Å². The van der Waals surface area contributed by atoms with Crippen LogP contribution in [0.15, 0.2) is 42.9 Å². The van der Waals surface area contributed by atoms with Gasteiger partial charge in [-0.05, 0) is 56.0 Å². The van der Waals surface area contributed by atoms with Gasteiger partial charge in [0.2, 0.25) is 5.91 Å². The first-order valence-electron chi connectivity index (χ1n) is 11.8. The van der Waals surface area contributed by atoms with Crippen LogP contribution in [0.1, 0.15) is 40.3 Å². The van der Waals surface area contributed by atoms with Gasteiger partial charge in [-0.15, -0.1) is 0 Å². The van der Waals surface area contributed by atoms with E-state index >= 15 is 0 Å². The number of pyridine rings is 1. The van der Waals surface area contributed by atoms with Gasteiger partial charge in [0.05, 0.1) is 10.9 Å². The topological polar surface area (TPSA) is 100 Å². The lowest BCUT2D eigenvalue weighted by atomic mass is 9.98. The first-order valence-corrected chi connectivity index (χ1v) is 12.2. The van der Waals surface area contributed by atoms with Crippen molar-refractivity contribution in [2.45, 2.75) is 32.7 Å². The normalized spacial score (nSPS) is 17.2. The molecule has 2 aliphatic heterocycles. The molecule has 5 rings (SSSR count). The van der Waals surface area contributed by atoms with E-state index < -0.39 is 5.91 Å². The van der Waals surface area contributed by atoms with Gasteiger partial charge in [0.25, 0.3) is 5.91 Å². The average Bonchev–Trinajstić information content (AvgIpc) is 3.28. The molecule has 4 heterocycles. The van der Waals surface area contributed by atoms with Gasteiger partial charge in [0.15, 0.2) is 0 Å². The molecular weight excluding hydrogens is 464 g/mol. The number of imide groups is 1. The molecule has 9 heteroatoms. The Morgan fingerprint density at radius 2 is 2.00 bits per heavy atom. The zero-order valence-electron chi connectivity index (χ0n) is 19.6. The van der Waals surface area contributed by atoms with Crippen LogP contribution in [0.4, 0.5) is 5.69 Å². The molecule has 2 aliphatic rings. The van der Waals surface area contributed by atoms with E-state index in [1.54, 1.807) is 6.07 Å². The third-order valence-electron chi connectivity index (χ3n) is 6.59. The molecule has 0 spiro atoms. The van der Waals surface area contributed by atoms with Gasteiger partial charge >= 0.3 is 0 Å². The highest BCUT2D eigenvalue weighted by atomic mass is 35.5. The summed E-state index contributed by atoms with van der Waals surface area (Å²) in [5.74, 6) is -0.238. The van der Waals surface area contributed by atoms with Gasteiger partial charge in [-0.25, -0.2) is 15.0 Å². The molecule has 1 unspecified atom stereocenters. The molecule has 1 aromatic carbocycles. The van der Waals surface area contributed by atoms with E-state index in [4.69, 9.17) is 11.6 Å². The lowest BCUT2D eigenvalue weighted by molar-refractivity contribution is -0.124. The highest BCUT2D eigenvalue weighted by Gasteiger charge is 2.24. The number of carbonyl (C=O) groups excluding carboxylic acids is 2. The number of aromatic nitrogens is 3. The second kappa shape index (κ2) is 10.1. The summed E-state index contributed by atoms with van der Waals surface area (Å²) in [5.41, 5.74) is 5.19. The quantitative estimate of drug-likeness (QED) is 0.529. The molecule has 3 aromatic rings. The predicted molar refractivity (Wildman–Crippen MR) is 134 cm³/mol. The van der Waals surface area contributed by atoms with E-state index in [0.717, 1.165) is 55.0 Å². The maximum atomic E-state index is 12.8. The Morgan fingerprint density at radius 1 is 1.17 bits per heavy atom. The van der Waals surface area contributed by atoms with E-state index in [9.17, 15) is 9.59 Å². The van der Waals surface area contributed by atoms with Crippen LogP contribution in [-0.2, 0) is 17.8 Å². The second-order valence-corrected chi connectivity index (χ2v) is 9.47. The highest BCUT2D eigenvalue weighted by Crippen LogP contribution is 2.36. The Bertz CT molecular complexity index is 1260. The number of hydrogen-bond acceptors (Lipinski definition) is 7. The lowest BCUT2D eigenvalue weighted by Crippen LogP contribution is -2.42. The largest absolute Gasteiger partial charge is 0.367 e. The van der Waals surface area contributed by atoms with Crippen molar-refractivity contribution in [3.63, 3.8) is 0 Å². The molecule has 2 aromatic heterocycles. The van der Waals surface area contributed by atoms with E-state index in [2.05, 4.69) is 42.6 Å². The first kappa shape index (κ1) is 23.4. The molecule has 35 heavy (non-hydrogen) atoms. The minimum Gasteiger partial charge on any atom is -0.367 e. The number of hydrogen-bond donors (Lipinski definition) is 2. The van der Waals surface area contributed by atoms with Gasteiger partial charge in [-0.2, -0.15) is 0 Å². The number of benzene rings is 1. The van der Waals surface area contributed by atoms with Gasteiger partial charge in [0.1, 0.15) is 11.5 Å². The molecule has 2 N–H and O–H groups in total. The minimum absolute atomic E-state index is 0.163. The summed E-state index contributed by atoms with van der Waals surface area (Å²) in [4.78, 5) is 40.4. The molecule has 2 amide bonds. The number of anilines is 1.